The molecule has 0 aliphatic carbocycles. The maximum Gasteiger partial charge on any atom is 0.311 e. The van der Waals surface area contributed by atoms with Crippen molar-refractivity contribution in [3.63, 3.8) is 0 Å². The van der Waals surface area contributed by atoms with Gasteiger partial charge in [0.15, 0.2) is 0 Å². The molecule has 1 aliphatic rings. The lowest BCUT2D eigenvalue weighted by molar-refractivity contribution is -0.150. The van der Waals surface area contributed by atoms with Crippen LogP contribution in [0.2, 0.25) is 0 Å². The minimum Gasteiger partial charge on any atom is -0.481 e. The highest BCUT2D eigenvalue weighted by atomic mass is 16.5. The molecule has 1 amide bonds. The monoisotopic (exact) mass is 328 g/mol. The van der Waals surface area contributed by atoms with E-state index in [1.54, 1.807) is 18.7 Å². The fourth-order valence-electron chi connectivity index (χ4n) is 3.16. The zero-order chi connectivity index (χ0) is 17.3. The number of hydrogen-bond acceptors (Lipinski definition) is 4. The summed E-state index contributed by atoms with van der Waals surface area (Å²) in [5.41, 5.74) is 0.804. The standard InChI is InChI=1S/C18H20N2O4/c1-12-14(15(19-24-12)13-7-4-3-5-8-13)16(21)20-10-6-9-18(2,11-20)17(22)23/h3-5,7-8H,6,9-11H2,1-2H3,(H,22,23). The molecule has 1 saturated heterocycles. The summed E-state index contributed by atoms with van der Waals surface area (Å²) in [6.45, 7) is 4.13. The SMILES string of the molecule is Cc1onc(-c2ccccc2)c1C(=O)N1CCCC(C)(C(=O)O)C1. The molecule has 2 heterocycles. The molecular weight excluding hydrogens is 308 g/mol. The molecule has 1 fully saturated rings. The van der Waals surface area contributed by atoms with Gasteiger partial charge in [-0.05, 0) is 26.7 Å². The van der Waals surface area contributed by atoms with Crippen LogP contribution in [0.4, 0.5) is 0 Å². The van der Waals surface area contributed by atoms with Gasteiger partial charge in [-0.1, -0.05) is 35.5 Å². The number of carbonyl (C=O) groups excluding carboxylic acids is 1. The second-order valence-electron chi connectivity index (χ2n) is 6.52. The third kappa shape index (κ3) is 2.79. The average Bonchev–Trinajstić information content (AvgIpc) is 2.96. The normalized spacial score (nSPS) is 20.8. The number of aromatic nitrogens is 1. The number of carboxylic acid groups (broad SMARTS) is 1. The van der Waals surface area contributed by atoms with Crippen molar-refractivity contribution in [2.45, 2.75) is 26.7 Å². The van der Waals surface area contributed by atoms with Gasteiger partial charge in [-0.2, -0.15) is 0 Å². The maximum atomic E-state index is 13.0. The number of hydrogen-bond donors (Lipinski definition) is 1. The van der Waals surface area contributed by atoms with Gasteiger partial charge in [0.25, 0.3) is 5.91 Å². The minimum atomic E-state index is -0.911. The van der Waals surface area contributed by atoms with Crippen molar-refractivity contribution in [2.24, 2.45) is 5.41 Å². The molecule has 6 nitrogen and oxygen atoms in total. The fraction of sp³-hybridized carbons (Fsp3) is 0.389. The van der Waals surface area contributed by atoms with Crippen LogP contribution >= 0.6 is 0 Å². The van der Waals surface area contributed by atoms with Gasteiger partial charge in [0.2, 0.25) is 0 Å². The zero-order valence-corrected chi connectivity index (χ0v) is 13.8. The summed E-state index contributed by atoms with van der Waals surface area (Å²) in [7, 11) is 0. The van der Waals surface area contributed by atoms with Crippen molar-refractivity contribution in [1.29, 1.82) is 0 Å². The highest BCUT2D eigenvalue weighted by molar-refractivity contribution is 6.01. The van der Waals surface area contributed by atoms with E-state index >= 15 is 0 Å². The molecule has 1 atom stereocenters. The quantitative estimate of drug-likeness (QED) is 0.936. The third-order valence-electron chi connectivity index (χ3n) is 4.62. The van der Waals surface area contributed by atoms with E-state index in [4.69, 9.17) is 4.52 Å². The summed E-state index contributed by atoms with van der Waals surface area (Å²) in [5, 5.41) is 13.5. The van der Waals surface area contributed by atoms with Crippen molar-refractivity contribution < 1.29 is 19.2 Å². The molecular formula is C18H20N2O4. The molecule has 2 aromatic rings. The highest BCUT2D eigenvalue weighted by Crippen LogP contribution is 2.32. The second kappa shape index (κ2) is 6.11. The van der Waals surface area contributed by atoms with Crippen LogP contribution in [0, 0.1) is 12.3 Å². The van der Waals surface area contributed by atoms with Gasteiger partial charge in [-0.25, -0.2) is 0 Å². The van der Waals surface area contributed by atoms with E-state index in [1.807, 2.05) is 30.3 Å². The number of carboxylic acids is 1. The molecule has 0 bridgehead atoms. The lowest BCUT2D eigenvalue weighted by atomic mass is 9.82. The molecule has 1 unspecified atom stereocenters. The second-order valence-corrected chi connectivity index (χ2v) is 6.52. The molecule has 1 aliphatic heterocycles. The van der Waals surface area contributed by atoms with Gasteiger partial charge in [0.1, 0.15) is 17.0 Å². The number of rotatable bonds is 3. The summed E-state index contributed by atoms with van der Waals surface area (Å²) in [5.74, 6) is -0.647. The number of benzene rings is 1. The van der Waals surface area contributed by atoms with E-state index in [2.05, 4.69) is 5.16 Å². The Morgan fingerprint density at radius 3 is 2.67 bits per heavy atom. The summed E-state index contributed by atoms with van der Waals surface area (Å²) in [6.07, 6.45) is 1.24. The van der Waals surface area contributed by atoms with Crippen LogP contribution in [0.15, 0.2) is 34.9 Å². The Kier molecular flexibility index (Phi) is 4.13. The number of aliphatic carboxylic acids is 1. The zero-order valence-electron chi connectivity index (χ0n) is 13.8. The molecule has 0 spiro atoms. The molecule has 1 N–H and O–H groups in total. The predicted octanol–water partition coefficient (Wildman–Crippen LogP) is 2.98. The molecule has 3 rings (SSSR count). The van der Waals surface area contributed by atoms with Crippen LogP contribution in [0.25, 0.3) is 11.3 Å². The lowest BCUT2D eigenvalue weighted by Crippen LogP contribution is -2.48. The van der Waals surface area contributed by atoms with E-state index in [0.29, 0.717) is 36.4 Å². The van der Waals surface area contributed by atoms with Crippen LogP contribution in [-0.4, -0.2) is 40.1 Å². The molecule has 1 aromatic carbocycles. The Bertz CT molecular complexity index is 769. The number of piperidine rings is 1. The van der Waals surface area contributed by atoms with Crippen molar-refractivity contribution in [3.8, 4) is 11.3 Å². The fourth-order valence-corrected chi connectivity index (χ4v) is 3.16. The van der Waals surface area contributed by atoms with Crippen LogP contribution < -0.4 is 0 Å². The minimum absolute atomic E-state index is 0.194. The molecule has 24 heavy (non-hydrogen) atoms. The van der Waals surface area contributed by atoms with Crippen molar-refractivity contribution in [3.05, 3.63) is 41.7 Å². The Morgan fingerprint density at radius 2 is 2.00 bits per heavy atom. The maximum absolute atomic E-state index is 13.0. The van der Waals surface area contributed by atoms with Gasteiger partial charge in [-0.15, -0.1) is 0 Å². The van der Waals surface area contributed by atoms with Gasteiger partial charge >= 0.3 is 5.97 Å². The molecule has 1 aromatic heterocycles. The lowest BCUT2D eigenvalue weighted by Gasteiger charge is -2.37. The van der Waals surface area contributed by atoms with Gasteiger partial charge in [0.05, 0.1) is 5.41 Å². The van der Waals surface area contributed by atoms with Crippen molar-refractivity contribution in [2.75, 3.05) is 13.1 Å². The Hall–Kier alpha value is -2.63. The molecule has 126 valence electrons. The predicted molar refractivity (Wildman–Crippen MR) is 87.6 cm³/mol. The molecule has 6 heteroatoms. The first-order valence-corrected chi connectivity index (χ1v) is 7.97. The Morgan fingerprint density at radius 1 is 1.29 bits per heavy atom. The average molecular weight is 328 g/mol. The number of likely N-dealkylation sites (tertiary alicyclic amines) is 1. The first-order valence-electron chi connectivity index (χ1n) is 7.97. The van der Waals surface area contributed by atoms with Crippen molar-refractivity contribution >= 4 is 11.9 Å². The topological polar surface area (TPSA) is 83.6 Å². The van der Waals surface area contributed by atoms with Crippen LogP contribution in [0.1, 0.15) is 35.9 Å². The number of amides is 1. The number of carbonyl (C=O) groups is 2. The van der Waals surface area contributed by atoms with Gasteiger partial charge in [-0.3, -0.25) is 9.59 Å². The smallest absolute Gasteiger partial charge is 0.311 e. The van der Waals surface area contributed by atoms with E-state index in [0.717, 1.165) is 5.56 Å². The number of nitrogens with zero attached hydrogens (tertiary/aromatic N) is 2. The summed E-state index contributed by atoms with van der Waals surface area (Å²) in [4.78, 5) is 26.1. The third-order valence-corrected chi connectivity index (χ3v) is 4.62. The molecule has 0 radical (unpaired) electrons. The summed E-state index contributed by atoms with van der Waals surface area (Å²) < 4.78 is 5.25. The van der Waals surface area contributed by atoms with E-state index in [1.165, 1.54) is 0 Å². The van der Waals surface area contributed by atoms with Crippen LogP contribution in [0.3, 0.4) is 0 Å². The van der Waals surface area contributed by atoms with Crippen molar-refractivity contribution in [1.82, 2.24) is 10.1 Å². The van der Waals surface area contributed by atoms with Gasteiger partial charge < -0.3 is 14.5 Å². The highest BCUT2D eigenvalue weighted by Gasteiger charge is 2.40. The van der Waals surface area contributed by atoms with E-state index in [-0.39, 0.29) is 12.5 Å². The first kappa shape index (κ1) is 16.2. The van der Waals surface area contributed by atoms with E-state index in [9.17, 15) is 14.7 Å². The largest absolute Gasteiger partial charge is 0.481 e. The summed E-state index contributed by atoms with van der Waals surface area (Å²) in [6, 6.07) is 9.37. The van der Waals surface area contributed by atoms with E-state index < -0.39 is 11.4 Å². The van der Waals surface area contributed by atoms with Crippen LogP contribution in [-0.2, 0) is 4.79 Å². The summed E-state index contributed by atoms with van der Waals surface area (Å²) >= 11 is 0. The van der Waals surface area contributed by atoms with Crippen LogP contribution in [0.5, 0.6) is 0 Å². The number of aryl methyl sites for hydroxylation is 1. The Labute approximate surface area is 140 Å². The molecule has 0 saturated carbocycles. The first-order chi connectivity index (χ1) is 11.4. The van der Waals surface area contributed by atoms with Gasteiger partial charge in [0, 0.05) is 18.7 Å². The Balaban J connectivity index is 1.94.